The minimum Gasteiger partial charge on any atom is -0.497 e. The Balaban J connectivity index is 1.33. The molecule has 1 saturated carbocycles. The fraction of sp³-hybridized carbons (Fsp3) is 0.292. The topological polar surface area (TPSA) is 121 Å². The van der Waals surface area contributed by atoms with Crippen LogP contribution in [0.25, 0.3) is 22.6 Å². The molecule has 0 atom stereocenters. The monoisotopic (exact) mass is 461 g/mol. The fourth-order valence-electron chi connectivity index (χ4n) is 4.44. The fourth-order valence-corrected chi connectivity index (χ4v) is 4.44. The van der Waals surface area contributed by atoms with Crippen LogP contribution in [0.4, 0.5) is 15.9 Å². The summed E-state index contributed by atoms with van der Waals surface area (Å²) in [7, 11) is 1.59. The number of amides is 1. The van der Waals surface area contributed by atoms with Gasteiger partial charge in [-0.2, -0.15) is 4.39 Å². The van der Waals surface area contributed by atoms with Gasteiger partial charge in [-0.15, -0.1) is 0 Å². The van der Waals surface area contributed by atoms with Gasteiger partial charge in [0.15, 0.2) is 17.3 Å². The summed E-state index contributed by atoms with van der Waals surface area (Å²) >= 11 is 0. The van der Waals surface area contributed by atoms with E-state index in [-0.39, 0.29) is 35.1 Å². The van der Waals surface area contributed by atoms with Crippen LogP contribution in [0.3, 0.4) is 0 Å². The third kappa shape index (κ3) is 4.14. The maximum atomic E-state index is 14.2. The largest absolute Gasteiger partial charge is 0.497 e. The van der Waals surface area contributed by atoms with E-state index in [9.17, 15) is 9.18 Å². The Morgan fingerprint density at radius 2 is 1.97 bits per heavy atom. The molecule has 9 nitrogen and oxygen atoms in total. The Kier molecular flexibility index (Phi) is 5.79. The first kappa shape index (κ1) is 21.7. The number of hydrogen-bond donors (Lipinski definition) is 2. The number of pyridine rings is 1. The zero-order valence-corrected chi connectivity index (χ0v) is 18.6. The summed E-state index contributed by atoms with van der Waals surface area (Å²) in [5, 5.41) is 2.99. The van der Waals surface area contributed by atoms with Gasteiger partial charge in [-0.3, -0.25) is 4.79 Å². The van der Waals surface area contributed by atoms with Gasteiger partial charge in [0.05, 0.1) is 19.0 Å². The Hall–Kier alpha value is -4.08. The van der Waals surface area contributed by atoms with Crippen molar-refractivity contribution in [2.75, 3.05) is 18.2 Å². The number of anilines is 2. The van der Waals surface area contributed by atoms with E-state index in [0.717, 1.165) is 31.4 Å². The predicted molar refractivity (Wildman–Crippen MR) is 126 cm³/mol. The van der Waals surface area contributed by atoms with Crippen LogP contribution >= 0.6 is 0 Å². The van der Waals surface area contributed by atoms with Gasteiger partial charge in [0.2, 0.25) is 11.9 Å². The predicted octanol–water partition coefficient (Wildman–Crippen LogP) is 3.99. The molecule has 5 rings (SSSR count). The van der Waals surface area contributed by atoms with Crippen LogP contribution in [-0.4, -0.2) is 37.5 Å². The number of aromatic nitrogens is 5. The molecule has 1 aromatic carbocycles. The number of nitrogens with two attached hydrogens (primary N) is 1. The lowest BCUT2D eigenvalue weighted by Crippen LogP contribution is -2.28. The van der Waals surface area contributed by atoms with Crippen LogP contribution in [0.1, 0.15) is 31.7 Å². The third-order valence-corrected chi connectivity index (χ3v) is 6.25. The molecule has 1 aliphatic rings. The number of benzene rings is 1. The van der Waals surface area contributed by atoms with Crippen molar-refractivity contribution in [2.24, 2.45) is 5.92 Å². The molecular weight excluding hydrogens is 437 g/mol. The highest BCUT2D eigenvalue weighted by Crippen LogP contribution is 2.35. The van der Waals surface area contributed by atoms with Crippen molar-refractivity contribution in [3.63, 3.8) is 0 Å². The molecule has 3 N–H and O–H groups in total. The zero-order chi connectivity index (χ0) is 23.7. The number of nitrogens with one attached hydrogen (secondary N) is 1. The minimum absolute atomic E-state index is 0.00287. The molecule has 0 radical (unpaired) electrons. The van der Waals surface area contributed by atoms with Gasteiger partial charge in [-0.05, 0) is 49.9 Å². The maximum absolute atomic E-state index is 14.2. The number of carbonyl (C=O) groups excluding carboxylic acids is 1. The van der Waals surface area contributed by atoms with Crippen LogP contribution < -0.4 is 15.8 Å². The van der Waals surface area contributed by atoms with Gasteiger partial charge in [0.25, 0.3) is 0 Å². The number of methoxy groups -OCH3 is 1. The van der Waals surface area contributed by atoms with Gasteiger partial charge in [0, 0.05) is 29.9 Å². The normalized spacial score (nSPS) is 18.1. The van der Waals surface area contributed by atoms with E-state index in [1.807, 2.05) is 22.8 Å². The van der Waals surface area contributed by atoms with E-state index >= 15 is 0 Å². The van der Waals surface area contributed by atoms with Crippen LogP contribution in [0, 0.1) is 11.9 Å². The molecule has 34 heavy (non-hydrogen) atoms. The van der Waals surface area contributed by atoms with Gasteiger partial charge in [-0.1, -0.05) is 6.07 Å². The highest BCUT2D eigenvalue weighted by molar-refractivity contribution is 5.92. The van der Waals surface area contributed by atoms with E-state index in [0.29, 0.717) is 16.9 Å². The molecule has 1 fully saturated rings. The van der Waals surface area contributed by atoms with Gasteiger partial charge in [-0.25, -0.2) is 19.9 Å². The second-order valence-electron chi connectivity index (χ2n) is 8.32. The molecule has 174 valence electrons. The highest BCUT2D eigenvalue weighted by Gasteiger charge is 2.29. The van der Waals surface area contributed by atoms with Crippen molar-refractivity contribution in [1.29, 1.82) is 0 Å². The van der Waals surface area contributed by atoms with Crippen LogP contribution in [0.15, 0.2) is 48.9 Å². The summed E-state index contributed by atoms with van der Waals surface area (Å²) < 4.78 is 21.4. The number of imidazole rings is 1. The average molecular weight is 462 g/mol. The molecule has 1 amide bonds. The van der Waals surface area contributed by atoms with E-state index in [1.165, 1.54) is 6.20 Å². The van der Waals surface area contributed by atoms with Gasteiger partial charge < -0.3 is 20.4 Å². The van der Waals surface area contributed by atoms with Crippen molar-refractivity contribution in [2.45, 2.75) is 31.7 Å². The summed E-state index contributed by atoms with van der Waals surface area (Å²) in [5.41, 5.74) is 8.04. The number of ether oxygens (including phenoxy) is 1. The molecule has 3 heterocycles. The number of fused-ring (bicyclic) bond motifs is 1. The Morgan fingerprint density at radius 3 is 2.74 bits per heavy atom. The zero-order valence-electron chi connectivity index (χ0n) is 18.6. The number of carbonyl (C=O) groups is 1. The van der Waals surface area contributed by atoms with E-state index in [1.54, 1.807) is 31.6 Å². The summed E-state index contributed by atoms with van der Waals surface area (Å²) in [5.74, 6) is 0.312. The first-order chi connectivity index (χ1) is 16.5. The van der Waals surface area contributed by atoms with Crippen molar-refractivity contribution >= 4 is 28.6 Å². The van der Waals surface area contributed by atoms with E-state index < -0.39 is 5.95 Å². The lowest BCUT2D eigenvalue weighted by atomic mass is 9.85. The SMILES string of the molecule is COc1cccc(NC(=O)C2CCC(n3cnc4c(N)nc(-c5cccnc5F)nc43)CC2)c1. The molecule has 1 aliphatic carbocycles. The number of hydrogen-bond acceptors (Lipinski definition) is 7. The first-order valence-electron chi connectivity index (χ1n) is 11.1. The number of nitrogens with zero attached hydrogens (tertiary/aromatic N) is 5. The Morgan fingerprint density at radius 1 is 1.15 bits per heavy atom. The second kappa shape index (κ2) is 9.05. The molecule has 4 aromatic rings. The van der Waals surface area contributed by atoms with Crippen LogP contribution in [-0.2, 0) is 4.79 Å². The standard InChI is InChI=1S/C24H24FN7O2/c1-34-17-5-2-4-15(12-17)29-24(33)14-7-9-16(10-8-14)32-13-28-19-21(26)30-22(31-23(19)32)18-6-3-11-27-20(18)25/h2-6,11-14,16H,7-10H2,1H3,(H,29,33)(H2,26,30,31). The van der Waals surface area contributed by atoms with E-state index in [2.05, 4.69) is 25.3 Å². The van der Waals surface area contributed by atoms with Crippen molar-refractivity contribution < 1.29 is 13.9 Å². The lowest BCUT2D eigenvalue weighted by Gasteiger charge is -2.28. The van der Waals surface area contributed by atoms with Gasteiger partial charge >= 0.3 is 0 Å². The summed E-state index contributed by atoms with van der Waals surface area (Å²) in [4.78, 5) is 29.7. The quantitative estimate of drug-likeness (QED) is 0.431. The molecule has 0 bridgehead atoms. The van der Waals surface area contributed by atoms with E-state index in [4.69, 9.17) is 10.5 Å². The van der Waals surface area contributed by atoms with Crippen molar-refractivity contribution in [3.05, 3.63) is 54.9 Å². The molecule has 0 unspecified atom stereocenters. The van der Waals surface area contributed by atoms with Crippen LogP contribution in [0.5, 0.6) is 5.75 Å². The number of halogens is 1. The molecule has 0 saturated heterocycles. The molecular formula is C24H24FN7O2. The summed E-state index contributed by atoms with van der Waals surface area (Å²) in [6, 6.07) is 10.6. The number of nitrogen functional groups attached to an aromatic ring is 1. The van der Waals surface area contributed by atoms with Gasteiger partial charge in [0.1, 0.15) is 11.3 Å². The first-order valence-corrected chi connectivity index (χ1v) is 11.1. The van der Waals surface area contributed by atoms with Crippen molar-refractivity contribution in [1.82, 2.24) is 24.5 Å². The Labute approximate surface area is 195 Å². The van der Waals surface area contributed by atoms with Crippen LogP contribution in [0.2, 0.25) is 0 Å². The smallest absolute Gasteiger partial charge is 0.227 e. The molecule has 0 spiro atoms. The Bertz CT molecular complexity index is 1350. The highest BCUT2D eigenvalue weighted by atomic mass is 19.1. The number of rotatable bonds is 5. The second-order valence-corrected chi connectivity index (χ2v) is 8.32. The van der Waals surface area contributed by atoms with Crippen molar-refractivity contribution in [3.8, 4) is 17.1 Å². The molecule has 3 aromatic heterocycles. The summed E-state index contributed by atoms with van der Waals surface area (Å²) in [6.07, 6.45) is 6.08. The third-order valence-electron chi connectivity index (χ3n) is 6.25. The molecule has 10 heteroatoms. The average Bonchev–Trinajstić information content (AvgIpc) is 3.29. The lowest BCUT2D eigenvalue weighted by molar-refractivity contribution is -0.120. The molecule has 0 aliphatic heterocycles. The minimum atomic E-state index is -0.658. The summed E-state index contributed by atoms with van der Waals surface area (Å²) in [6.45, 7) is 0. The maximum Gasteiger partial charge on any atom is 0.227 e.